The maximum atomic E-state index is 13.2. The predicted molar refractivity (Wildman–Crippen MR) is 130 cm³/mol. The Labute approximate surface area is 197 Å². The molecule has 2 amide bonds. The maximum absolute atomic E-state index is 13.2. The molecule has 0 aromatic heterocycles. The van der Waals surface area contributed by atoms with Gasteiger partial charge in [0.05, 0.1) is 0 Å². The fourth-order valence-corrected chi connectivity index (χ4v) is 3.51. The van der Waals surface area contributed by atoms with Gasteiger partial charge < -0.3 is 15.0 Å². The van der Waals surface area contributed by atoms with Gasteiger partial charge >= 0.3 is 0 Å². The molecule has 2 aromatic carbocycles. The van der Waals surface area contributed by atoms with E-state index < -0.39 is 6.04 Å². The quantitative estimate of drug-likeness (QED) is 0.561. The van der Waals surface area contributed by atoms with Crippen LogP contribution in [-0.2, 0) is 21.5 Å². The summed E-state index contributed by atoms with van der Waals surface area (Å²) in [4.78, 5) is 27.5. The van der Waals surface area contributed by atoms with Crippen LogP contribution in [-0.4, -0.2) is 35.9 Å². The molecule has 0 saturated heterocycles. The number of nitrogens with zero attached hydrogens (tertiary/aromatic N) is 1. The lowest BCUT2D eigenvalue weighted by molar-refractivity contribution is -0.142. The maximum Gasteiger partial charge on any atom is 0.261 e. The van der Waals surface area contributed by atoms with Gasteiger partial charge in [0.25, 0.3) is 5.91 Å². The van der Waals surface area contributed by atoms with Crippen LogP contribution in [0.2, 0.25) is 5.02 Å². The Kier molecular flexibility index (Phi) is 9.14. The van der Waals surface area contributed by atoms with Gasteiger partial charge in [-0.3, -0.25) is 9.59 Å². The highest BCUT2D eigenvalue weighted by atomic mass is 35.5. The number of hydrogen-bond donors (Lipinski definition) is 1. The molecular weight excluding hydrogens is 424 g/mol. The molecule has 0 aliphatic carbocycles. The van der Waals surface area contributed by atoms with Crippen molar-refractivity contribution >= 4 is 23.4 Å². The van der Waals surface area contributed by atoms with Gasteiger partial charge in [0.2, 0.25) is 5.91 Å². The van der Waals surface area contributed by atoms with E-state index in [1.54, 1.807) is 24.0 Å². The molecule has 174 valence electrons. The molecule has 0 bridgehead atoms. The summed E-state index contributed by atoms with van der Waals surface area (Å²) in [5, 5.41) is 3.50. The lowest BCUT2D eigenvalue weighted by Crippen LogP contribution is -2.49. The second kappa shape index (κ2) is 11.4. The molecule has 0 fully saturated rings. The molecule has 2 rings (SSSR count). The molecule has 32 heavy (non-hydrogen) atoms. The van der Waals surface area contributed by atoms with Crippen molar-refractivity contribution in [2.75, 3.05) is 13.2 Å². The van der Waals surface area contributed by atoms with Crippen molar-refractivity contribution in [1.82, 2.24) is 10.2 Å². The van der Waals surface area contributed by atoms with E-state index in [4.69, 9.17) is 16.3 Å². The molecule has 0 aliphatic heterocycles. The molecule has 6 heteroatoms. The first-order valence-corrected chi connectivity index (χ1v) is 11.4. The highest BCUT2D eigenvalue weighted by Crippen LogP contribution is 2.31. The predicted octanol–water partition coefficient (Wildman–Crippen LogP) is 5.21. The van der Waals surface area contributed by atoms with E-state index in [-0.39, 0.29) is 30.4 Å². The molecular formula is C26H35ClN2O3. The van der Waals surface area contributed by atoms with Crippen LogP contribution in [0.3, 0.4) is 0 Å². The van der Waals surface area contributed by atoms with Gasteiger partial charge in [0.15, 0.2) is 6.61 Å². The summed E-state index contributed by atoms with van der Waals surface area (Å²) in [6.07, 6.45) is 0. The Bertz CT molecular complexity index is 921. The SMILES string of the molecule is CC(C)CNC(=O)[C@H](C)N(Cc1cccc(Cl)c1)C(=O)COc1ccccc1C(C)(C)C. The average Bonchev–Trinajstić information content (AvgIpc) is 2.73. The molecule has 0 heterocycles. The number of rotatable bonds is 9. The summed E-state index contributed by atoms with van der Waals surface area (Å²) >= 11 is 6.13. The Morgan fingerprint density at radius 1 is 1.06 bits per heavy atom. The Morgan fingerprint density at radius 3 is 2.38 bits per heavy atom. The third-order valence-corrected chi connectivity index (χ3v) is 5.38. The first-order valence-electron chi connectivity index (χ1n) is 11.0. The molecule has 1 atom stereocenters. The summed E-state index contributed by atoms with van der Waals surface area (Å²) < 4.78 is 5.95. The normalized spacial score (nSPS) is 12.4. The van der Waals surface area contributed by atoms with Crippen molar-refractivity contribution < 1.29 is 14.3 Å². The lowest BCUT2D eigenvalue weighted by atomic mass is 9.86. The number of ether oxygens (including phenoxy) is 1. The van der Waals surface area contributed by atoms with Gasteiger partial charge in [-0.1, -0.05) is 76.6 Å². The summed E-state index contributed by atoms with van der Waals surface area (Å²) in [5.41, 5.74) is 1.76. The Morgan fingerprint density at radius 2 is 1.75 bits per heavy atom. The standard InChI is InChI=1S/C26H35ClN2O3/c1-18(2)15-28-25(31)19(3)29(16-20-10-9-11-21(27)14-20)24(30)17-32-23-13-8-7-12-22(23)26(4,5)6/h7-14,18-19H,15-17H2,1-6H3,(H,28,31)/t19-/m0/s1. The van der Waals surface area contributed by atoms with Gasteiger partial charge in [-0.2, -0.15) is 0 Å². The van der Waals surface area contributed by atoms with E-state index in [9.17, 15) is 9.59 Å². The topological polar surface area (TPSA) is 58.6 Å². The van der Waals surface area contributed by atoms with Crippen molar-refractivity contribution in [3.8, 4) is 5.75 Å². The van der Waals surface area contributed by atoms with Crippen LogP contribution in [0, 0.1) is 5.92 Å². The first-order chi connectivity index (χ1) is 15.0. The summed E-state index contributed by atoms with van der Waals surface area (Å²) in [7, 11) is 0. The Hall–Kier alpha value is -2.53. The molecule has 0 unspecified atom stereocenters. The second-order valence-electron chi connectivity index (χ2n) is 9.50. The molecule has 2 aromatic rings. The van der Waals surface area contributed by atoms with E-state index in [1.165, 1.54) is 0 Å². The highest BCUT2D eigenvalue weighted by molar-refractivity contribution is 6.30. The third-order valence-electron chi connectivity index (χ3n) is 5.14. The number of halogens is 1. The summed E-state index contributed by atoms with van der Waals surface area (Å²) in [6, 6.07) is 14.4. The fraction of sp³-hybridized carbons (Fsp3) is 0.462. The zero-order valence-corrected chi connectivity index (χ0v) is 20.7. The largest absolute Gasteiger partial charge is 0.483 e. The van der Waals surface area contributed by atoms with Crippen molar-refractivity contribution in [2.24, 2.45) is 5.92 Å². The van der Waals surface area contributed by atoms with Gasteiger partial charge in [-0.15, -0.1) is 0 Å². The van der Waals surface area contributed by atoms with E-state index in [0.717, 1.165) is 11.1 Å². The summed E-state index contributed by atoms with van der Waals surface area (Å²) in [6.45, 7) is 12.8. The van der Waals surface area contributed by atoms with E-state index in [2.05, 4.69) is 26.1 Å². The highest BCUT2D eigenvalue weighted by Gasteiger charge is 2.27. The first kappa shape index (κ1) is 25.7. The average molecular weight is 459 g/mol. The summed E-state index contributed by atoms with van der Waals surface area (Å²) in [5.74, 6) is 0.540. The minimum Gasteiger partial charge on any atom is -0.483 e. The van der Waals surface area contributed by atoms with Crippen molar-refractivity contribution in [2.45, 2.75) is 59.5 Å². The van der Waals surface area contributed by atoms with Crippen LogP contribution >= 0.6 is 11.6 Å². The lowest BCUT2D eigenvalue weighted by Gasteiger charge is -2.29. The van der Waals surface area contributed by atoms with Crippen LogP contribution in [0.1, 0.15) is 52.7 Å². The van der Waals surface area contributed by atoms with Crippen LogP contribution in [0.25, 0.3) is 0 Å². The Balaban J connectivity index is 2.21. The second-order valence-corrected chi connectivity index (χ2v) is 9.94. The smallest absolute Gasteiger partial charge is 0.261 e. The number of nitrogens with one attached hydrogen (secondary N) is 1. The zero-order valence-electron chi connectivity index (χ0n) is 19.9. The van der Waals surface area contributed by atoms with Crippen LogP contribution < -0.4 is 10.1 Å². The monoisotopic (exact) mass is 458 g/mol. The van der Waals surface area contributed by atoms with Crippen molar-refractivity contribution in [1.29, 1.82) is 0 Å². The molecule has 5 nitrogen and oxygen atoms in total. The van der Waals surface area contributed by atoms with E-state index >= 15 is 0 Å². The molecule has 1 N–H and O–H groups in total. The zero-order chi connectivity index (χ0) is 23.9. The number of hydrogen-bond acceptors (Lipinski definition) is 3. The van der Waals surface area contributed by atoms with E-state index in [1.807, 2.05) is 50.2 Å². The number of carbonyl (C=O) groups is 2. The van der Waals surface area contributed by atoms with Crippen molar-refractivity contribution in [3.05, 3.63) is 64.7 Å². The van der Waals surface area contributed by atoms with Crippen LogP contribution in [0.5, 0.6) is 5.75 Å². The number of benzene rings is 2. The minimum absolute atomic E-state index is 0.121. The van der Waals surface area contributed by atoms with E-state index in [0.29, 0.717) is 23.2 Å². The van der Waals surface area contributed by atoms with Gasteiger partial charge in [0.1, 0.15) is 11.8 Å². The molecule has 0 saturated carbocycles. The van der Waals surface area contributed by atoms with Gasteiger partial charge in [0, 0.05) is 18.1 Å². The van der Waals surface area contributed by atoms with Crippen LogP contribution in [0.15, 0.2) is 48.5 Å². The third kappa shape index (κ3) is 7.56. The number of amides is 2. The van der Waals surface area contributed by atoms with Gasteiger partial charge in [-0.05, 0) is 47.6 Å². The fourth-order valence-electron chi connectivity index (χ4n) is 3.30. The molecule has 0 spiro atoms. The number of para-hydroxylation sites is 1. The minimum atomic E-state index is -0.651. The van der Waals surface area contributed by atoms with Crippen molar-refractivity contribution in [3.63, 3.8) is 0 Å². The van der Waals surface area contributed by atoms with Gasteiger partial charge in [-0.25, -0.2) is 0 Å². The number of carbonyl (C=O) groups excluding carboxylic acids is 2. The molecule has 0 aliphatic rings. The van der Waals surface area contributed by atoms with Crippen LogP contribution in [0.4, 0.5) is 0 Å². The molecule has 0 radical (unpaired) electrons.